The quantitative estimate of drug-likeness (QED) is 0.362. The van der Waals surface area contributed by atoms with Crippen LogP contribution in [-0.2, 0) is 4.74 Å². The highest BCUT2D eigenvalue weighted by Gasteiger charge is 2.09. The van der Waals surface area contributed by atoms with E-state index in [1.165, 1.54) is 18.2 Å². The summed E-state index contributed by atoms with van der Waals surface area (Å²) < 4.78 is 18.4. The first kappa shape index (κ1) is 12.6. The van der Waals surface area contributed by atoms with E-state index in [0.717, 1.165) is 22.7 Å². The van der Waals surface area contributed by atoms with Gasteiger partial charge in [-0.05, 0) is 47.2 Å². The minimum atomic E-state index is -0.372. The molecule has 0 saturated carbocycles. The number of ether oxygens (including phenoxy) is 1. The lowest BCUT2D eigenvalue weighted by atomic mass is 10.2. The molecule has 0 fully saturated rings. The molecule has 0 heterocycles. The van der Waals surface area contributed by atoms with E-state index in [1.807, 2.05) is 22.6 Å². The van der Waals surface area contributed by atoms with E-state index in [2.05, 4.69) is 0 Å². The SMILES string of the molecule is O=C(OCCC[SiH3])c1ccc(F)c(I)c1. The van der Waals surface area contributed by atoms with Gasteiger partial charge in [0.2, 0.25) is 0 Å². The average Bonchev–Trinajstić information content (AvgIpc) is 2.22. The maximum atomic E-state index is 12.9. The first-order valence-corrected chi connectivity index (χ1v) is 7.26. The molecule has 0 unspecified atom stereocenters. The molecule has 0 N–H and O–H groups in total. The molecule has 0 saturated heterocycles. The number of carbonyl (C=O) groups excluding carboxylic acids is 1. The van der Waals surface area contributed by atoms with Gasteiger partial charge in [-0.2, -0.15) is 0 Å². The number of benzene rings is 1. The normalized spacial score (nSPS) is 10.3. The largest absolute Gasteiger partial charge is 0.462 e. The smallest absolute Gasteiger partial charge is 0.338 e. The van der Waals surface area contributed by atoms with Crippen molar-refractivity contribution >= 4 is 38.8 Å². The highest BCUT2D eigenvalue weighted by molar-refractivity contribution is 14.1. The van der Waals surface area contributed by atoms with Crippen molar-refractivity contribution in [3.8, 4) is 0 Å². The maximum absolute atomic E-state index is 12.9. The molecule has 0 aromatic heterocycles. The first-order valence-electron chi connectivity index (χ1n) is 4.77. The highest BCUT2D eigenvalue weighted by atomic mass is 127. The summed E-state index contributed by atoms with van der Waals surface area (Å²) in [5.41, 5.74) is 0.411. The van der Waals surface area contributed by atoms with Gasteiger partial charge in [-0.25, -0.2) is 9.18 Å². The fraction of sp³-hybridized carbons (Fsp3) is 0.300. The van der Waals surface area contributed by atoms with Crippen molar-refractivity contribution in [1.82, 2.24) is 0 Å². The Labute approximate surface area is 105 Å². The first-order chi connectivity index (χ1) is 7.15. The van der Waals surface area contributed by atoms with Gasteiger partial charge in [0.25, 0.3) is 0 Å². The van der Waals surface area contributed by atoms with Crippen LogP contribution in [0.3, 0.4) is 0 Å². The van der Waals surface area contributed by atoms with Crippen molar-refractivity contribution in [1.29, 1.82) is 0 Å². The molecule has 0 aliphatic rings. The second-order valence-electron chi connectivity index (χ2n) is 3.12. The molecule has 2 nitrogen and oxygen atoms in total. The number of carbonyl (C=O) groups is 1. The zero-order valence-electron chi connectivity index (χ0n) is 8.43. The molecular formula is C10H12FIO2Si. The molecule has 1 rings (SSSR count). The van der Waals surface area contributed by atoms with E-state index in [0.29, 0.717) is 15.7 Å². The molecule has 0 radical (unpaired) electrons. The van der Waals surface area contributed by atoms with Crippen LogP contribution in [-0.4, -0.2) is 22.8 Å². The predicted octanol–water partition coefficient (Wildman–Crippen LogP) is 1.76. The summed E-state index contributed by atoms with van der Waals surface area (Å²) in [6, 6.07) is 5.35. The molecular weight excluding hydrogens is 326 g/mol. The van der Waals surface area contributed by atoms with Gasteiger partial charge in [0, 0.05) is 13.8 Å². The van der Waals surface area contributed by atoms with Crippen molar-refractivity contribution in [3.63, 3.8) is 0 Å². The van der Waals surface area contributed by atoms with Gasteiger partial charge < -0.3 is 4.74 Å². The molecule has 0 bridgehead atoms. The van der Waals surface area contributed by atoms with E-state index in [-0.39, 0.29) is 11.8 Å². The zero-order chi connectivity index (χ0) is 11.3. The molecule has 0 aliphatic carbocycles. The fourth-order valence-corrected chi connectivity index (χ4v) is 1.82. The lowest BCUT2D eigenvalue weighted by Crippen LogP contribution is -2.06. The van der Waals surface area contributed by atoms with Gasteiger partial charge in [-0.15, -0.1) is 0 Å². The van der Waals surface area contributed by atoms with E-state index in [1.54, 1.807) is 0 Å². The summed E-state index contributed by atoms with van der Waals surface area (Å²) in [7, 11) is 1.12. The second-order valence-corrected chi connectivity index (χ2v) is 5.28. The molecule has 5 heteroatoms. The number of halogens is 2. The summed E-state index contributed by atoms with van der Waals surface area (Å²) in [4.78, 5) is 11.4. The lowest BCUT2D eigenvalue weighted by Gasteiger charge is -2.04. The Bertz CT molecular complexity index is 357. The van der Waals surface area contributed by atoms with E-state index < -0.39 is 0 Å². The van der Waals surface area contributed by atoms with Crippen molar-refractivity contribution in [2.45, 2.75) is 12.5 Å². The van der Waals surface area contributed by atoms with Crippen LogP contribution in [0.4, 0.5) is 4.39 Å². The third-order valence-corrected chi connectivity index (χ3v) is 3.42. The van der Waals surface area contributed by atoms with Crippen molar-refractivity contribution in [3.05, 3.63) is 33.1 Å². The number of hydrogen-bond acceptors (Lipinski definition) is 2. The second kappa shape index (κ2) is 6.22. The predicted molar refractivity (Wildman–Crippen MR) is 68.8 cm³/mol. The molecule has 1 aromatic carbocycles. The van der Waals surface area contributed by atoms with Gasteiger partial charge in [0.1, 0.15) is 5.82 Å². The van der Waals surface area contributed by atoms with Crippen LogP contribution in [0.15, 0.2) is 18.2 Å². The molecule has 0 atom stereocenters. The third-order valence-electron chi connectivity index (χ3n) is 1.89. The summed E-state index contributed by atoms with van der Waals surface area (Å²) >= 11 is 1.85. The maximum Gasteiger partial charge on any atom is 0.338 e. The van der Waals surface area contributed by atoms with E-state index >= 15 is 0 Å². The molecule has 0 spiro atoms. The van der Waals surface area contributed by atoms with Gasteiger partial charge in [0.15, 0.2) is 0 Å². The van der Waals surface area contributed by atoms with Crippen molar-refractivity contribution in [2.24, 2.45) is 0 Å². The Morgan fingerprint density at radius 2 is 2.27 bits per heavy atom. The Balaban J connectivity index is 2.62. The van der Waals surface area contributed by atoms with Crippen LogP contribution in [0, 0.1) is 9.39 Å². The molecule has 0 aliphatic heterocycles. The Hall–Kier alpha value is -0.433. The average molecular weight is 338 g/mol. The van der Waals surface area contributed by atoms with E-state index in [4.69, 9.17) is 4.74 Å². The van der Waals surface area contributed by atoms with Gasteiger partial charge in [0.05, 0.1) is 12.2 Å². The molecule has 0 amide bonds. The third kappa shape index (κ3) is 3.90. The Morgan fingerprint density at radius 1 is 1.53 bits per heavy atom. The monoisotopic (exact) mass is 338 g/mol. The number of esters is 1. The summed E-state index contributed by atoms with van der Waals surface area (Å²) in [5, 5.41) is 0. The van der Waals surface area contributed by atoms with Crippen LogP contribution in [0.5, 0.6) is 0 Å². The van der Waals surface area contributed by atoms with E-state index in [9.17, 15) is 9.18 Å². The topological polar surface area (TPSA) is 26.3 Å². The van der Waals surface area contributed by atoms with Gasteiger partial charge in [-0.3, -0.25) is 0 Å². The summed E-state index contributed by atoms with van der Waals surface area (Å²) in [6.45, 7) is 0.455. The molecule has 82 valence electrons. The lowest BCUT2D eigenvalue weighted by molar-refractivity contribution is 0.0505. The minimum absolute atomic E-state index is 0.313. The number of rotatable bonds is 4. The van der Waals surface area contributed by atoms with Crippen molar-refractivity contribution in [2.75, 3.05) is 6.61 Å². The molecule has 1 aromatic rings. The number of hydrogen-bond donors (Lipinski definition) is 0. The van der Waals surface area contributed by atoms with Crippen LogP contribution >= 0.6 is 22.6 Å². The summed E-state index contributed by atoms with van der Waals surface area (Å²) in [5.74, 6) is -0.685. The molecule has 15 heavy (non-hydrogen) atoms. The zero-order valence-corrected chi connectivity index (χ0v) is 12.6. The van der Waals surface area contributed by atoms with Crippen LogP contribution < -0.4 is 0 Å². The van der Waals surface area contributed by atoms with Gasteiger partial charge >= 0.3 is 5.97 Å². The van der Waals surface area contributed by atoms with Gasteiger partial charge in [-0.1, -0.05) is 6.04 Å². The van der Waals surface area contributed by atoms with Crippen LogP contribution in [0.25, 0.3) is 0 Å². The Morgan fingerprint density at radius 3 is 2.87 bits per heavy atom. The minimum Gasteiger partial charge on any atom is -0.462 e. The summed E-state index contributed by atoms with van der Waals surface area (Å²) in [6.07, 6.45) is 0.913. The van der Waals surface area contributed by atoms with Crippen LogP contribution in [0.2, 0.25) is 6.04 Å². The van der Waals surface area contributed by atoms with Crippen molar-refractivity contribution < 1.29 is 13.9 Å². The fourth-order valence-electron chi connectivity index (χ4n) is 1.02. The standard InChI is InChI=1S/C10H12FIO2Si/c11-8-3-2-7(6-9(8)12)10(13)14-4-1-5-15/h2-3,6H,1,4-5H2,15H3. The Kier molecular flexibility index (Phi) is 5.24. The highest BCUT2D eigenvalue weighted by Crippen LogP contribution is 2.13. The van der Waals surface area contributed by atoms with Crippen LogP contribution in [0.1, 0.15) is 16.8 Å².